The van der Waals surface area contributed by atoms with Gasteiger partial charge in [0.1, 0.15) is 0 Å². The van der Waals surface area contributed by atoms with Gasteiger partial charge in [-0.05, 0) is 0 Å². The van der Waals surface area contributed by atoms with E-state index in [0.29, 0.717) is 0 Å². The van der Waals surface area contributed by atoms with E-state index in [0.717, 1.165) is 0 Å². The molecule has 0 aliphatic heterocycles. The molecule has 18 valence electrons. The van der Waals surface area contributed by atoms with Crippen LogP contribution in [0, 0.1) is 11.2 Å². The Morgan fingerprint density at radius 2 is 2.25 bits per heavy atom. The summed E-state index contributed by atoms with van der Waals surface area (Å²) < 4.78 is 0. The van der Waals surface area contributed by atoms with E-state index in [1.807, 2.05) is 0 Å². The van der Waals surface area contributed by atoms with Crippen LogP contribution in [0.3, 0.4) is 0 Å². The zero-order chi connectivity index (χ0) is 3.41. The van der Waals surface area contributed by atoms with E-state index in [1.54, 1.807) is 5.97 Å². The van der Waals surface area contributed by atoms with Crippen LogP contribution in [-0.2, 0) is 0 Å². The fraction of sp³-hybridized carbons (Fsp3) is 0. The van der Waals surface area contributed by atoms with E-state index in [1.165, 1.54) is 6.92 Å². The molecule has 0 spiro atoms. The third-order valence-corrected chi connectivity index (χ3v) is 0.0913. The fourth-order valence-electron chi connectivity index (χ4n) is 0. The molecular weight excluding hydrogens is 48.8 g/mol. The van der Waals surface area contributed by atoms with E-state index in [9.17, 15) is 0 Å². The Bertz CT molecular complexity index is 51.5. The van der Waals surface area contributed by atoms with E-state index in [4.69, 9.17) is 5.26 Å². The summed E-state index contributed by atoms with van der Waals surface area (Å²) in [4.78, 5) is 0. The van der Waals surface area contributed by atoms with Crippen molar-refractivity contribution in [3.63, 3.8) is 0 Å². The Morgan fingerprint density at radius 3 is 2.25 bits per heavy atom. The molecule has 0 N–H and O–H groups in total. The standard InChI is InChI=1S/C2H2BN/c1-3-2-4/h1H2. The van der Waals surface area contributed by atoms with Gasteiger partial charge in [0.15, 0.2) is 0 Å². The Hall–Kier alpha value is -0.575. The van der Waals surface area contributed by atoms with Gasteiger partial charge in [-0.15, -0.1) is 0 Å². The Labute approximate surface area is 25.8 Å². The van der Waals surface area contributed by atoms with Crippen molar-refractivity contribution in [3.05, 3.63) is 0 Å². The van der Waals surface area contributed by atoms with Gasteiger partial charge in [0, 0.05) is 0 Å². The molecule has 0 atom stereocenters. The van der Waals surface area contributed by atoms with E-state index < -0.39 is 0 Å². The number of rotatable bonds is 0. The average molecular weight is 50.9 g/mol. The normalized spacial score (nSPS) is 2.75. The molecule has 0 radical (unpaired) electrons. The molecule has 2 heteroatoms. The molecule has 0 fully saturated rings. The van der Waals surface area contributed by atoms with Crippen molar-refractivity contribution in [1.82, 2.24) is 0 Å². The molecule has 0 saturated heterocycles. The zero-order valence-electron chi connectivity index (χ0n) is 2.23. The molecule has 0 amide bonds. The van der Waals surface area contributed by atoms with Crippen molar-refractivity contribution >= 4 is 13.4 Å². The van der Waals surface area contributed by atoms with Gasteiger partial charge in [0.05, 0.1) is 0 Å². The minimum absolute atomic E-state index is 1.18. The van der Waals surface area contributed by atoms with Gasteiger partial charge in [0.2, 0.25) is 0 Å². The topological polar surface area (TPSA) is 23.8 Å². The van der Waals surface area contributed by atoms with Crippen LogP contribution in [0.1, 0.15) is 0 Å². The van der Waals surface area contributed by atoms with Crippen LogP contribution >= 0.6 is 0 Å². The Morgan fingerprint density at radius 1 is 2.00 bits per heavy atom. The molecule has 0 rings (SSSR count). The quantitative estimate of drug-likeness (QED) is 0.343. The Kier molecular flexibility index (Phi) is 2.08. The van der Waals surface area contributed by atoms with E-state index >= 15 is 0 Å². The predicted octanol–water partition coefficient (Wildman–Crippen LogP) is -0.396. The number of nitrogens with zero attached hydrogens (tertiary/aromatic N) is 1. The second-order valence-electron chi connectivity index (χ2n) is 0.333. The van der Waals surface area contributed by atoms with Gasteiger partial charge in [-0.2, -0.15) is 0 Å². The maximum atomic E-state index is 7.51. The number of hydrogen-bond acceptors (Lipinski definition) is 1. The van der Waals surface area contributed by atoms with Crippen LogP contribution in [0.4, 0.5) is 0 Å². The summed E-state index contributed by atoms with van der Waals surface area (Å²) >= 11 is 0. The first-order valence-corrected chi connectivity index (χ1v) is 0.921. The van der Waals surface area contributed by atoms with Gasteiger partial charge in [0.25, 0.3) is 0 Å². The second kappa shape index (κ2) is 2.42. The van der Waals surface area contributed by atoms with Gasteiger partial charge in [-0.25, -0.2) is 0 Å². The zero-order valence-corrected chi connectivity index (χ0v) is 2.23. The average Bonchev–Trinajstić information content (AvgIpc) is 1.37. The monoisotopic (exact) mass is 51.0 g/mol. The van der Waals surface area contributed by atoms with Crippen LogP contribution in [0.15, 0.2) is 0 Å². The Balaban J connectivity index is 2.92. The van der Waals surface area contributed by atoms with E-state index in [2.05, 4.69) is 6.47 Å². The number of nitriles is 1. The first-order valence-electron chi connectivity index (χ1n) is 0.921. The summed E-state index contributed by atoms with van der Waals surface area (Å²) in [6, 6.07) is 0. The van der Waals surface area contributed by atoms with Crippen molar-refractivity contribution in [2.24, 2.45) is 0 Å². The molecule has 1 nitrogen and oxygen atoms in total. The van der Waals surface area contributed by atoms with Gasteiger partial charge < -0.3 is 0 Å². The summed E-state index contributed by atoms with van der Waals surface area (Å²) in [5, 5.41) is 7.51. The van der Waals surface area contributed by atoms with Crippen molar-refractivity contribution in [1.29, 1.82) is 5.26 Å². The van der Waals surface area contributed by atoms with Crippen molar-refractivity contribution in [2.75, 3.05) is 0 Å². The summed E-state index contributed by atoms with van der Waals surface area (Å²) in [6.45, 7) is 4.30. The fourth-order valence-corrected chi connectivity index (χ4v) is 0. The first kappa shape index (κ1) is 3.42. The van der Waals surface area contributed by atoms with Crippen molar-refractivity contribution < 1.29 is 0 Å². The van der Waals surface area contributed by atoms with Crippen LogP contribution < -0.4 is 0 Å². The molecule has 0 heterocycles. The summed E-state index contributed by atoms with van der Waals surface area (Å²) in [6.07, 6.45) is 0. The van der Waals surface area contributed by atoms with Crippen LogP contribution in [0.25, 0.3) is 0 Å². The van der Waals surface area contributed by atoms with Crippen LogP contribution in [-0.4, -0.2) is 13.4 Å². The van der Waals surface area contributed by atoms with Crippen LogP contribution in [0.5, 0.6) is 0 Å². The first-order chi connectivity index (χ1) is 1.91. The van der Waals surface area contributed by atoms with Crippen molar-refractivity contribution in [3.8, 4) is 5.97 Å². The second-order valence-corrected chi connectivity index (χ2v) is 0.333. The van der Waals surface area contributed by atoms with Gasteiger partial charge >= 0.3 is 24.6 Å². The minimum atomic E-state index is 1.18. The predicted molar refractivity (Wildman–Crippen MR) is 18.5 cm³/mol. The molecule has 0 aliphatic carbocycles. The SMILES string of the molecule is C=BC#N. The third-order valence-electron chi connectivity index (χ3n) is 0.0913. The van der Waals surface area contributed by atoms with Gasteiger partial charge in [-0.3, -0.25) is 0 Å². The summed E-state index contributed by atoms with van der Waals surface area (Å²) in [7, 11) is 0. The maximum absolute atomic E-state index is 7.51. The molecule has 0 aromatic heterocycles. The summed E-state index contributed by atoms with van der Waals surface area (Å²) in [5.41, 5.74) is 0. The molecule has 4 heavy (non-hydrogen) atoms. The molecule has 0 bridgehead atoms. The van der Waals surface area contributed by atoms with Crippen molar-refractivity contribution in [2.45, 2.75) is 0 Å². The molecule has 0 unspecified atom stereocenters. The van der Waals surface area contributed by atoms with Crippen LogP contribution in [0.2, 0.25) is 0 Å². The van der Waals surface area contributed by atoms with E-state index in [-0.39, 0.29) is 0 Å². The summed E-state index contributed by atoms with van der Waals surface area (Å²) in [5.74, 6) is 1.69. The molecule has 0 saturated carbocycles. The molecule has 0 aromatic carbocycles. The van der Waals surface area contributed by atoms with Gasteiger partial charge in [-0.1, -0.05) is 0 Å². The third kappa shape index (κ3) is 1.42. The molecule has 0 aliphatic rings. The molecular formula is C2H2BN. The molecule has 0 aromatic rings. The number of hydrogen-bond donors (Lipinski definition) is 0.